The number of aromatic amines is 1. The highest BCUT2D eigenvalue weighted by atomic mass is 35.5. The van der Waals surface area contributed by atoms with Gasteiger partial charge in [0.25, 0.3) is 5.91 Å². The maximum absolute atomic E-state index is 12.4. The largest absolute Gasteiger partial charge is 0.334 e. The SMILES string of the molecule is CCc1nc(C(=O)Nc2ccc(Cl)cc2)[nH]c1-c1ccccc1. The fourth-order valence-corrected chi connectivity index (χ4v) is 2.47. The molecule has 0 aliphatic carbocycles. The van der Waals surface area contributed by atoms with E-state index in [0.29, 0.717) is 16.5 Å². The summed E-state index contributed by atoms with van der Waals surface area (Å²) in [6, 6.07) is 16.8. The first-order chi connectivity index (χ1) is 11.2. The molecule has 2 N–H and O–H groups in total. The summed E-state index contributed by atoms with van der Waals surface area (Å²) in [6.45, 7) is 2.02. The van der Waals surface area contributed by atoms with E-state index in [4.69, 9.17) is 11.6 Å². The fraction of sp³-hybridized carbons (Fsp3) is 0.111. The van der Waals surface area contributed by atoms with Gasteiger partial charge in [-0.3, -0.25) is 4.79 Å². The van der Waals surface area contributed by atoms with Crippen LogP contribution in [0.5, 0.6) is 0 Å². The Morgan fingerprint density at radius 1 is 1.13 bits per heavy atom. The van der Waals surface area contributed by atoms with Crippen molar-refractivity contribution in [3.63, 3.8) is 0 Å². The maximum Gasteiger partial charge on any atom is 0.291 e. The molecule has 5 heteroatoms. The number of aryl methyl sites for hydroxylation is 1. The molecule has 23 heavy (non-hydrogen) atoms. The molecule has 116 valence electrons. The van der Waals surface area contributed by atoms with Gasteiger partial charge in [0, 0.05) is 10.7 Å². The number of hydrogen-bond acceptors (Lipinski definition) is 2. The molecule has 1 heterocycles. The van der Waals surface area contributed by atoms with Gasteiger partial charge < -0.3 is 10.3 Å². The lowest BCUT2D eigenvalue weighted by Crippen LogP contribution is -2.13. The maximum atomic E-state index is 12.4. The number of benzene rings is 2. The molecule has 4 nitrogen and oxygen atoms in total. The lowest BCUT2D eigenvalue weighted by atomic mass is 10.1. The van der Waals surface area contributed by atoms with Gasteiger partial charge in [0.1, 0.15) is 0 Å². The Morgan fingerprint density at radius 2 is 1.83 bits per heavy atom. The van der Waals surface area contributed by atoms with Crippen molar-refractivity contribution in [3.05, 3.63) is 71.1 Å². The quantitative estimate of drug-likeness (QED) is 0.739. The number of amides is 1. The molecule has 3 rings (SSSR count). The van der Waals surface area contributed by atoms with Crippen LogP contribution in [0, 0.1) is 0 Å². The highest BCUT2D eigenvalue weighted by Crippen LogP contribution is 2.22. The van der Waals surface area contributed by atoms with E-state index < -0.39 is 0 Å². The normalized spacial score (nSPS) is 10.5. The Kier molecular flexibility index (Phi) is 4.44. The first-order valence-electron chi connectivity index (χ1n) is 7.38. The van der Waals surface area contributed by atoms with Gasteiger partial charge in [-0.25, -0.2) is 4.98 Å². The minimum absolute atomic E-state index is 0.274. The summed E-state index contributed by atoms with van der Waals surface area (Å²) in [4.78, 5) is 19.9. The highest BCUT2D eigenvalue weighted by Gasteiger charge is 2.16. The van der Waals surface area contributed by atoms with Crippen molar-refractivity contribution >= 4 is 23.2 Å². The topological polar surface area (TPSA) is 57.8 Å². The second-order valence-electron chi connectivity index (χ2n) is 5.09. The van der Waals surface area contributed by atoms with Gasteiger partial charge in [-0.15, -0.1) is 0 Å². The van der Waals surface area contributed by atoms with Gasteiger partial charge in [-0.2, -0.15) is 0 Å². The number of imidazole rings is 1. The van der Waals surface area contributed by atoms with Crippen LogP contribution in [0.4, 0.5) is 5.69 Å². The van der Waals surface area contributed by atoms with Gasteiger partial charge >= 0.3 is 0 Å². The average molecular weight is 326 g/mol. The summed E-state index contributed by atoms with van der Waals surface area (Å²) in [7, 11) is 0. The molecule has 0 unspecified atom stereocenters. The molecular weight excluding hydrogens is 310 g/mol. The van der Waals surface area contributed by atoms with Crippen LogP contribution in [0.1, 0.15) is 23.2 Å². The lowest BCUT2D eigenvalue weighted by molar-refractivity contribution is 0.101. The summed E-state index contributed by atoms with van der Waals surface area (Å²) in [5, 5.41) is 3.44. The third-order valence-corrected chi connectivity index (χ3v) is 3.75. The van der Waals surface area contributed by atoms with Crippen LogP contribution in [0.15, 0.2) is 54.6 Å². The second-order valence-corrected chi connectivity index (χ2v) is 5.52. The van der Waals surface area contributed by atoms with Crippen molar-refractivity contribution in [3.8, 4) is 11.3 Å². The summed E-state index contributed by atoms with van der Waals surface area (Å²) in [6.07, 6.45) is 0.745. The van der Waals surface area contributed by atoms with Crippen molar-refractivity contribution in [1.29, 1.82) is 0 Å². The summed E-state index contributed by atoms with van der Waals surface area (Å²) in [5.74, 6) is 0.0276. The van der Waals surface area contributed by atoms with Crippen LogP contribution in [0.25, 0.3) is 11.3 Å². The van der Waals surface area contributed by atoms with Gasteiger partial charge in [-0.1, -0.05) is 48.9 Å². The number of hydrogen-bond donors (Lipinski definition) is 2. The first-order valence-corrected chi connectivity index (χ1v) is 7.76. The minimum atomic E-state index is -0.274. The minimum Gasteiger partial charge on any atom is -0.334 e. The summed E-state index contributed by atoms with van der Waals surface area (Å²) >= 11 is 5.84. The van der Waals surface area contributed by atoms with Crippen LogP contribution in [-0.4, -0.2) is 15.9 Å². The number of halogens is 1. The number of aromatic nitrogens is 2. The van der Waals surface area contributed by atoms with E-state index in [0.717, 1.165) is 23.4 Å². The molecule has 0 saturated carbocycles. The first kappa shape index (κ1) is 15.3. The zero-order valence-corrected chi connectivity index (χ0v) is 13.4. The number of rotatable bonds is 4. The number of nitrogens with zero attached hydrogens (tertiary/aromatic N) is 1. The predicted octanol–water partition coefficient (Wildman–Crippen LogP) is 4.54. The van der Waals surface area contributed by atoms with Crippen LogP contribution >= 0.6 is 11.6 Å². The van der Waals surface area contributed by atoms with E-state index in [1.165, 1.54) is 0 Å². The number of nitrogens with one attached hydrogen (secondary N) is 2. The van der Waals surface area contributed by atoms with Gasteiger partial charge in [0.05, 0.1) is 11.4 Å². The number of anilines is 1. The molecule has 0 aliphatic heterocycles. The van der Waals surface area contributed by atoms with Gasteiger partial charge in [0.15, 0.2) is 5.82 Å². The predicted molar refractivity (Wildman–Crippen MR) is 92.8 cm³/mol. The zero-order valence-electron chi connectivity index (χ0n) is 12.6. The Morgan fingerprint density at radius 3 is 2.48 bits per heavy atom. The molecule has 1 amide bonds. The summed E-state index contributed by atoms with van der Waals surface area (Å²) in [5.41, 5.74) is 3.45. The smallest absolute Gasteiger partial charge is 0.291 e. The molecule has 1 aromatic heterocycles. The molecular formula is C18H16ClN3O. The van der Waals surface area contributed by atoms with E-state index >= 15 is 0 Å². The van der Waals surface area contributed by atoms with E-state index in [9.17, 15) is 4.79 Å². The second kappa shape index (κ2) is 6.67. The van der Waals surface area contributed by atoms with E-state index in [-0.39, 0.29) is 5.91 Å². The fourth-order valence-electron chi connectivity index (χ4n) is 2.34. The van der Waals surface area contributed by atoms with Crippen molar-refractivity contribution in [2.24, 2.45) is 0 Å². The standard InChI is InChI=1S/C18H16ClN3O/c1-2-15-16(12-6-4-3-5-7-12)22-17(21-15)18(23)20-14-10-8-13(19)9-11-14/h3-11H,2H2,1H3,(H,20,23)(H,21,22). The van der Waals surface area contributed by atoms with Crippen LogP contribution in [-0.2, 0) is 6.42 Å². The zero-order chi connectivity index (χ0) is 16.2. The van der Waals surface area contributed by atoms with E-state index in [2.05, 4.69) is 15.3 Å². The van der Waals surface area contributed by atoms with Crippen LogP contribution in [0.3, 0.4) is 0 Å². The van der Waals surface area contributed by atoms with Crippen molar-refractivity contribution in [2.45, 2.75) is 13.3 Å². The van der Waals surface area contributed by atoms with Gasteiger partial charge in [-0.05, 0) is 36.2 Å². The summed E-state index contributed by atoms with van der Waals surface area (Å²) < 4.78 is 0. The third-order valence-electron chi connectivity index (χ3n) is 3.49. The lowest BCUT2D eigenvalue weighted by Gasteiger charge is -2.02. The molecule has 2 aromatic carbocycles. The third kappa shape index (κ3) is 3.43. The van der Waals surface area contributed by atoms with Crippen LogP contribution in [0.2, 0.25) is 5.02 Å². The van der Waals surface area contributed by atoms with E-state index in [1.54, 1.807) is 24.3 Å². The molecule has 0 fully saturated rings. The Balaban J connectivity index is 1.87. The Bertz CT molecular complexity index is 810. The monoisotopic (exact) mass is 325 g/mol. The molecule has 3 aromatic rings. The molecule has 0 atom stereocenters. The Labute approximate surface area is 139 Å². The van der Waals surface area contributed by atoms with Crippen LogP contribution < -0.4 is 5.32 Å². The molecule has 0 saturated heterocycles. The number of carbonyl (C=O) groups is 1. The average Bonchev–Trinajstić information content (AvgIpc) is 3.02. The molecule has 0 radical (unpaired) electrons. The van der Waals surface area contributed by atoms with Gasteiger partial charge in [0.2, 0.25) is 0 Å². The highest BCUT2D eigenvalue weighted by molar-refractivity contribution is 6.30. The Hall–Kier alpha value is -2.59. The van der Waals surface area contributed by atoms with Crippen molar-refractivity contribution < 1.29 is 4.79 Å². The van der Waals surface area contributed by atoms with E-state index in [1.807, 2.05) is 37.3 Å². The molecule has 0 bridgehead atoms. The number of carbonyl (C=O) groups excluding carboxylic acids is 1. The van der Waals surface area contributed by atoms with Crippen molar-refractivity contribution in [2.75, 3.05) is 5.32 Å². The molecule has 0 aliphatic rings. The molecule has 0 spiro atoms. The number of H-pyrrole nitrogens is 1. The van der Waals surface area contributed by atoms with Crippen molar-refractivity contribution in [1.82, 2.24) is 9.97 Å².